The Hall–Kier alpha value is -1.30. The van der Waals surface area contributed by atoms with Crippen LogP contribution in [-0.4, -0.2) is 0 Å². The van der Waals surface area contributed by atoms with Crippen LogP contribution in [0.2, 0.25) is 0 Å². The SMILES string of the molecule is C=CC[C@@](C)(C=C)c1ccc(C)cc1. The van der Waals surface area contributed by atoms with Crippen molar-refractivity contribution >= 4 is 0 Å². The molecular weight excluding hydrogens is 168 g/mol. The Morgan fingerprint density at radius 1 is 1.21 bits per heavy atom. The molecule has 0 saturated carbocycles. The predicted molar refractivity (Wildman–Crippen MR) is 63.5 cm³/mol. The fourth-order valence-electron chi connectivity index (χ4n) is 1.55. The van der Waals surface area contributed by atoms with Crippen molar-refractivity contribution in [1.82, 2.24) is 0 Å². The van der Waals surface area contributed by atoms with Gasteiger partial charge in [-0.2, -0.15) is 0 Å². The van der Waals surface area contributed by atoms with E-state index in [4.69, 9.17) is 0 Å². The van der Waals surface area contributed by atoms with Crippen LogP contribution in [0.4, 0.5) is 0 Å². The molecule has 0 aliphatic rings. The van der Waals surface area contributed by atoms with Crippen molar-refractivity contribution in [2.75, 3.05) is 0 Å². The molecule has 0 spiro atoms. The van der Waals surface area contributed by atoms with Crippen LogP contribution in [-0.2, 0) is 5.41 Å². The zero-order valence-electron chi connectivity index (χ0n) is 9.09. The average Bonchev–Trinajstić information content (AvgIpc) is 2.19. The Morgan fingerprint density at radius 2 is 1.79 bits per heavy atom. The molecule has 0 aromatic heterocycles. The van der Waals surface area contributed by atoms with E-state index < -0.39 is 0 Å². The summed E-state index contributed by atoms with van der Waals surface area (Å²) in [7, 11) is 0. The maximum absolute atomic E-state index is 3.90. The third-order valence-electron chi connectivity index (χ3n) is 2.73. The maximum Gasteiger partial charge on any atom is 0.0135 e. The molecule has 1 rings (SSSR count). The number of rotatable bonds is 4. The highest BCUT2D eigenvalue weighted by molar-refractivity contribution is 5.32. The number of benzene rings is 1. The summed E-state index contributed by atoms with van der Waals surface area (Å²) < 4.78 is 0. The summed E-state index contributed by atoms with van der Waals surface area (Å²) in [5.74, 6) is 0. The van der Waals surface area contributed by atoms with Crippen LogP contribution in [0.3, 0.4) is 0 Å². The minimum Gasteiger partial charge on any atom is -0.103 e. The number of hydrogen-bond acceptors (Lipinski definition) is 0. The molecule has 0 heterocycles. The van der Waals surface area contributed by atoms with Gasteiger partial charge >= 0.3 is 0 Å². The van der Waals surface area contributed by atoms with Gasteiger partial charge in [-0.05, 0) is 18.9 Å². The van der Waals surface area contributed by atoms with Crippen molar-refractivity contribution in [3.8, 4) is 0 Å². The van der Waals surface area contributed by atoms with Crippen molar-refractivity contribution in [2.24, 2.45) is 0 Å². The molecule has 0 aliphatic heterocycles. The van der Waals surface area contributed by atoms with Crippen molar-refractivity contribution in [1.29, 1.82) is 0 Å². The monoisotopic (exact) mass is 186 g/mol. The molecule has 0 amide bonds. The van der Waals surface area contributed by atoms with E-state index in [0.29, 0.717) is 0 Å². The molecule has 74 valence electrons. The molecule has 0 N–H and O–H groups in total. The Kier molecular flexibility index (Phi) is 3.29. The molecule has 1 aromatic carbocycles. The molecule has 0 nitrogen and oxygen atoms in total. The highest BCUT2D eigenvalue weighted by atomic mass is 14.2. The second kappa shape index (κ2) is 4.28. The second-order valence-electron chi connectivity index (χ2n) is 3.98. The van der Waals surface area contributed by atoms with Gasteiger partial charge in [0.25, 0.3) is 0 Å². The highest BCUT2D eigenvalue weighted by Gasteiger charge is 2.20. The quantitative estimate of drug-likeness (QED) is 0.623. The van der Waals surface area contributed by atoms with Gasteiger partial charge in [-0.3, -0.25) is 0 Å². The molecule has 0 unspecified atom stereocenters. The lowest BCUT2D eigenvalue weighted by atomic mass is 9.79. The Balaban J connectivity index is 3.05. The first-order chi connectivity index (χ1) is 6.62. The van der Waals surface area contributed by atoms with Crippen LogP contribution in [0.15, 0.2) is 49.6 Å². The summed E-state index contributed by atoms with van der Waals surface area (Å²) in [6, 6.07) is 8.61. The van der Waals surface area contributed by atoms with E-state index in [1.807, 2.05) is 12.2 Å². The molecule has 0 fully saturated rings. The summed E-state index contributed by atoms with van der Waals surface area (Å²) in [6.45, 7) is 12.0. The molecule has 0 aliphatic carbocycles. The van der Waals surface area contributed by atoms with Crippen molar-refractivity contribution in [3.63, 3.8) is 0 Å². The molecule has 1 atom stereocenters. The number of hydrogen-bond donors (Lipinski definition) is 0. The lowest BCUT2D eigenvalue weighted by Gasteiger charge is -2.24. The molecule has 14 heavy (non-hydrogen) atoms. The highest BCUT2D eigenvalue weighted by Crippen LogP contribution is 2.29. The molecule has 0 saturated heterocycles. The standard InChI is InChI=1S/C14H18/c1-5-11-14(4,6-2)13-9-7-12(3)8-10-13/h5-10H,1-2,11H2,3-4H3/t14-/m1/s1. The van der Waals surface area contributed by atoms with Gasteiger partial charge in [-0.15, -0.1) is 13.2 Å². The minimum atomic E-state index is 0.0233. The molecule has 1 aromatic rings. The first-order valence-electron chi connectivity index (χ1n) is 4.94. The maximum atomic E-state index is 3.90. The Bertz CT molecular complexity index is 318. The van der Waals surface area contributed by atoms with Gasteiger partial charge < -0.3 is 0 Å². The topological polar surface area (TPSA) is 0 Å². The molecular formula is C14H18. The van der Waals surface area contributed by atoms with Crippen LogP contribution >= 0.6 is 0 Å². The fourth-order valence-corrected chi connectivity index (χ4v) is 1.55. The second-order valence-corrected chi connectivity index (χ2v) is 3.98. The van der Waals surface area contributed by atoms with Crippen LogP contribution in [0.5, 0.6) is 0 Å². The van der Waals surface area contributed by atoms with Crippen LogP contribution in [0.25, 0.3) is 0 Å². The van der Waals surface area contributed by atoms with Gasteiger partial charge in [-0.25, -0.2) is 0 Å². The first kappa shape index (κ1) is 10.8. The zero-order valence-corrected chi connectivity index (χ0v) is 9.09. The van der Waals surface area contributed by atoms with Crippen LogP contribution in [0, 0.1) is 6.92 Å². The lowest BCUT2D eigenvalue weighted by Crippen LogP contribution is -2.17. The predicted octanol–water partition coefficient (Wildman–Crippen LogP) is 4.01. The minimum absolute atomic E-state index is 0.0233. The van der Waals surface area contributed by atoms with E-state index >= 15 is 0 Å². The number of aryl methyl sites for hydroxylation is 1. The smallest absolute Gasteiger partial charge is 0.0135 e. The fraction of sp³-hybridized carbons (Fsp3) is 0.286. The largest absolute Gasteiger partial charge is 0.103 e. The first-order valence-corrected chi connectivity index (χ1v) is 4.94. The van der Waals surface area contributed by atoms with Crippen LogP contribution < -0.4 is 0 Å². The normalized spacial score (nSPS) is 14.4. The van der Waals surface area contributed by atoms with Gasteiger partial charge in [0.2, 0.25) is 0 Å². The van der Waals surface area contributed by atoms with Gasteiger partial charge in [0, 0.05) is 5.41 Å². The van der Waals surface area contributed by atoms with Crippen molar-refractivity contribution in [2.45, 2.75) is 25.7 Å². The zero-order chi connectivity index (χ0) is 10.6. The van der Waals surface area contributed by atoms with E-state index in [2.05, 4.69) is 51.3 Å². The summed E-state index contributed by atoms with van der Waals surface area (Å²) in [4.78, 5) is 0. The van der Waals surface area contributed by atoms with Gasteiger partial charge in [0.1, 0.15) is 0 Å². The van der Waals surface area contributed by atoms with E-state index in [1.165, 1.54) is 11.1 Å². The summed E-state index contributed by atoms with van der Waals surface area (Å²) in [5, 5.41) is 0. The van der Waals surface area contributed by atoms with E-state index in [9.17, 15) is 0 Å². The summed E-state index contributed by atoms with van der Waals surface area (Å²) in [5.41, 5.74) is 2.62. The van der Waals surface area contributed by atoms with Gasteiger partial charge in [-0.1, -0.05) is 48.9 Å². The van der Waals surface area contributed by atoms with Crippen LogP contribution in [0.1, 0.15) is 24.5 Å². The molecule has 0 bridgehead atoms. The third-order valence-corrected chi connectivity index (χ3v) is 2.73. The van der Waals surface area contributed by atoms with Crippen molar-refractivity contribution < 1.29 is 0 Å². The molecule has 0 radical (unpaired) electrons. The third kappa shape index (κ3) is 2.14. The summed E-state index contributed by atoms with van der Waals surface area (Å²) >= 11 is 0. The molecule has 0 heteroatoms. The Morgan fingerprint density at radius 3 is 2.21 bits per heavy atom. The van der Waals surface area contributed by atoms with Gasteiger partial charge in [0.05, 0.1) is 0 Å². The lowest BCUT2D eigenvalue weighted by molar-refractivity contribution is 0.607. The Labute approximate surface area is 87.0 Å². The van der Waals surface area contributed by atoms with E-state index in [-0.39, 0.29) is 5.41 Å². The van der Waals surface area contributed by atoms with E-state index in [1.54, 1.807) is 0 Å². The van der Waals surface area contributed by atoms with Crippen molar-refractivity contribution in [3.05, 3.63) is 60.7 Å². The average molecular weight is 186 g/mol. The van der Waals surface area contributed by atoms with Gasteiger partial charge in [0.15, 0.2) is 0 Å². The van der Waals surface area contributed by atoms with E-state index in [0.717, 1.165) is 6.42 Å². The summed E-state index contributed by atoms with van der Waals surface area (Å²) in [6.07, 6.45) is 4.88. The number of allylic oxidation sites excluding steroid dienone is 2.